The lowest BCUT2D eigenvalue weighted by Gasteiger charge is -2.41. The van der Waals surface area contributed by atoms with Crippen LogP contribution in [0.4, 0.5) is 0 Å². The highest BCUT2D eigenvalue weighted by Gasteiger charge is 2.31. The maximum Gasteiger partial charge on any atom is 0.116 e. The van der Waals surface area contributed by atoms with E-state index in [1.165, 1.54) is 12.8 Å². The van der Waals surface area contributed by atoms with E-state index in [0.717, 1.165) is 19.0 Å². The van der Waals surface area contributed by atoms with Crippen LogP contribution in [0, 0.1) is 17.2 Å². The van der Waals surface area contributed by atoms with Gasteiger partial charge in [0.05, 0.1) is 6.07 Å². The first-order valence-electron chi connectivity index (χ1n) is 5.86. The van der Waals surface area contributed by atoms with Crippen LogP contribution in [0.2, 0.25) is 0 Å². The Balaban J connectivity index is 2.61. The van der Waals surface area contributed by atoms with Crippen molar-refractivity contribution in [2.75, 3.05) is 20.1 Å². The first kappa shape index (κ1) is 12.5. The van der Waals surface area contributed by atoms with Crippen molar-refractivity contribution < 1.29 is 0 Å². The first-order valence-corrected chi connectivity index (χ1v) is 5.86. The van der Waals surface area contributed by atoms with Gasteiger partial charge in [0.2, 0.25) is 0 Å². The summed E-state index contributed by atoms with van der Waals surface area (Å²) in [6, 6.07) is 2.96. The summed E-state index contributed by atoms with van der Waals surface area (Å²) >= 11 is 0. The number of nitriles is 1. The average Bonchev–Trinajstić information content (AvgIpc) is 2.25. The van der Waals surface area contributed by atoms with Gasteiger partial charge in [0.25, 0.3) is 0 Å². The second-order valence-corrected chi connectivity index (χ2v) is 5.02. The fourth-order valence-corrected chi connectivity index (χ4v) is 2.22. The largest absolute Gasteiger partial charge is 0.302 e. The highest BCUT2D eigenvalue weighted by molar-refractivity contribution is 5.05. The van der Waals surface area contributed by atoms with E-state index in [1.807, 2.05) is 14.0 Å². The average molecular weight is 209 g/mol. The van der Waals surface area contributed by atoms with Gasteiger partial charge in [0.15, 0.2) is 0 Å². The predicted molar refractivity (Wildman–Crippen MR) is 62.5 cm³/mol. The molecule has 3 heteroatoms. The van der Waals surface area contributed by atoms with E-state index >= 15 is 0 Å². The van der Waals surface area contributed by atoms with Crippen molar-refractivity contribution in [2.24, 2.45) is 5.92 Å². The zero-order valence-corrected chi connectivity index (χ0v) is 10.4. The number of nitrogens with zero attached hydrogens (tertiary/aromatic N) is 2. The summed E-state index contributed by atoms with van der Waals surface area (Å²) in [5, 5.41) is 12.2. The molecule has 0 saturated carbocycles. The molecule has 1 aliphatic heterocycles. The van der Waals surface area contributed by atoms with Crippen LogP contribution < -0.4 is 5.32 Å². The number of likely N-dealkylation sites (N-methyl/N-ethyl adjacent to an activating group) is 1. The number of nitrogens with one attached hydrogen (secondary N) is 1. The molecule has 0 aromatic heterocycles. The molecule has 0 bridgehead atoms. The Kier molecular flexibility index (Phi) is 4.12. The van der Waals surface area contributed by atoms with Crippen molar-refractivity contribution in [1.82, 2.24) is 10.2 Å². The van der Waals surface area contributed by atoms with Crippen molar-refractivity contribution in [3.05, 3.63) is 0 Å². The SMILES string of the molecule is CNC(C)(C#N)CN1CCCC(C)C1C. The second-order valence-electron chi connectivity index (χ2n) is 5.02. The molecule has 15 heavy (non-hydrogen) atoms. The van der Waals surface area contributed by atoms with Crippen LogP contribution >= 0.6 is 0 Å². The first-order chi connectivity index (χ1) is 7.02. The smallest absolute Gasteiger partial charge is 0.116 e. The van der Waals surface area contributed by atoms with Crippen LogP contribution in [0.1, 0.15) is 33.6 Å². The van der Waals surface area contributed by atoms with E-state index in [1.54, 1.807) is 0 Å². The van der Waals surface area contributed by atoms with Crippen molar-refractivity contribution in [3.8, 4) is 6.07 Å². The molecule has 3 unspecified atom stereocenters. The molecule has 0 radical (unpaired) electrons. The van der Waals surface area contributed by atoms with Gasteiger partial charge in [-0.1, -0.05) is 6.92 Å². The Labute approximate surface area is 93.5 Å². The molecule has 0 aliphatic carbocycles. The van der Waals surface area contributed by atoms with Gasteiger partial charge >= 0.3 is 0 Å². The Hall–Kier alpha value is -0.590. The van der Waals surface area contributed by atoms with Gasteiger partial charge in [0.1, 0.15) is 5.54 Å². The molecular formula is C12H23N3. The minimum absolute atomic E-state index is 0.411. The standard InChI is InChI=1S/C12H23N3/c1-10-6-5-7-15(11(10)2)9-12(3,8-13)14-4/h10-11,14H,5-7,9H2,1-4H3. The predicted octanol–water partition coefficient (Wildman–Crippen LogP) is 1.61. The topological polar surface area (TPSA) is 39.1 Å². The van der Waals surface area contributed by atoms with Crippen molar-refractivity contribution in [1.29, 1.82) is 5.26 Å². The molecule has 1 aliphatic rings. The second kappa shape index (κ2) is 4.96. The molecule has 1 saturated heterocycles. The van der Waals surface area contributed by atoms with Crippen LogP contribution in [-0.4, -0.2) is 36.6 Å². The fraction of sp³-hybridized carbons (Fsp3) is 0.917. The van der Waals surface area contributed by atoms with E-state index in [4.69, 9.17) is 5.26 Å². The van der Waals surface area contributed by atoms with E-state index in [9.17, 15) is 0 Å². The fourth-order valence-electron chi connectivity index (χ4n) is 2.22. The van der Waals surface area contributed by atoms with Crippen LogP contribution in [0.25, 0.3) is 0 Å². The minimum Gasteiger partial charge on any atom is -0.302 e. The third-order valence-corrected chi connectivity index (χ3v) is 3.82. The zero-order chi connectivity index (χ0) is 11.5. The maximum absolute atomic E-state index is 9.13. The monoisotopic (exact) mass is 209 g/mol. The number of hydrogen-bond acceptors (Lipinski definition) is 3. The zero-order valence-electron chi connectivity index (χ0n) is 10.4. The number of likely N-dealkylation sites (tertiary alicyclic amines) is 1. The van der Waals surface area contributed by atoms with Gasteiger partial charge < -0.3 is 5.32 Å². The van der Waals surface area contributed by atoms with Gasteiger partial charge in [-0.25, -0.2) is 0 Å². The molecule has 3 nitrogen and oxygen atoms in total. The summed E-state index contributed by atoms with van der Waals surface area (Å²) in [5.41, 5.74) is -0.411. The highest BCUT2D eigenvalue weighted by Crippen LogP contribution is 2.24. The molecule has 0 amide bonds. The summed E-state index contributed by atoms with van der Waals surface area (Å²) < 4.78 is 0. The summed E-state index contributed by atoms with van der Waals surface area (Å²) in [7, 11) is 1.86. The summed E-state index contributed by atoms with van der Waals surface area (Å²) in [5.74, 6) is 0.749. The summed E-state index contributed by atoms with van der Waals surface area (Å²) in [4.78, 5) is 2.44. The number of rotatable bonds is 3. The summed E-state index contributed by atoms with van der Waals surface area (Å²) in [6.07, 6.45) is 2.58. The van der Waals surface area contributed by atoms with Gasteiger partial charge in [-0.3, -0.25) is 4.90 Å². The Morgan fingerprint density at radius 2 is 2.20 bits per heavy atom. The van der Waals surface area contributed by atoms with Gasteiger partial charge in [-0.15, -0.1) is 0 Å². The molecule has 1 rings (SSSR count). The van der Waals surface area contributed by atoms with E-state index in [2.05, 4.69) is 30.1 Å². The van der Waals surface area contributed by atoms with Crippen LogP contribution in [0.3, 0.4) is 0 Å². The molecule has 3 atom stereocenters. The lowest BCUT2D eigenvalue weighted by molar-refractivity contribution is 0.0944. The molecule has 1 heterocycles. The highest BCUT2D eigenvalue weighted by atomic mass is 15.2. The molecule has 0 aromatic rings. The van der Waals surface area contributed by atoms with E-state index in [0.29, 0.717) is 6.04 Å². The molecular weight excluding hydrogens is 186 g/mol. The van der Waals surface area contributed by atoms with E-state index in [-0.39, 0.29) is 0 Å². The van der Waals surface area contributed by atoms with Crippen LogP contribution in [0.15, 0.2) is 0 Å². The Morgan fingerprint density at radius 3 is 2.73 bits per heavy atom. The van der Waals surface area contributed by atoms with Gasteiger partial charge in [-0.2, -0.15) is 5.26 Å². The molecule has 1 N–H and O–H groups in total. The normalized spacial score (nSPS) is 31.9. The third-order valence-electron chi connectivity index (χ3n) is 3.82. The molecule has 0 spiro atoms. The maximum atomic E-state index is 9.13. The lowest BCUT2D eigenvalue weighted by atomic mass is 9.90. The summed E-state index contributed by atoms with van der Waals surface area (Å²) in [6.45, 7) is 8.51. The number of piperidine rings is 1. The van der Waals surface area contributed by atoms with E-state index < -0.39 is 5.54 Å². The molecule has 86 valence electrons. The van der Waals surface area contributed by atoms with Crippen LogP contribution in [0.5, 0.6) is 0 Å². The minimum atomic E-state index is -0.411. The Bertz CT molecular complexity index is 246. The van der Waals surface area contributed by atoms with Crippen LogP contribution in [-0.2, 0) is 0 Å². The Morgan fingerprint density at radius 1 is 1.53 bits per heavy atom. The van der Waals surface area contributed by atoms with Gasteiger partial charge in [0, 0.05) is 12.6 Å². The van der Waals surface area contributed by atoms with Crippen molar-refractivity contribution >= 4 is 0 Å². The quantitative estimate of drug-likeness (QED) is 0.767. The number of hydrogen-bond donors (Lipinski definition) is 1. The van der Waals surface area contributed by atoms with Gasteiger partial charge in [-0.05, 0) is 46.2 Å². The van der Waals surface area contributed by atoms with Crippen molar-refractivity contribution in [3.63, 3.8) is 0 Å². The third kappa shape index (κ3) is 2.93. The van der Waals surface area contributed by atoms with Crippen molar-refractivity contribution in [2.45, 2.75) is 45.2 Å². The molecule has 0 aromatic carbocycles. The lowest BCUT2D eigenvalue weighted by Crippen LogP contribution is -2.54. The molecule has 1 fully saturated rings.